The summed E-state index contributed by atoms with van der Waals surface area (Å²) in [5, 5.41) is 27.3. The van der Waals surface area contributed by atoms with E-state index < -0.39 is 89.8 Å². The zero-order valence-electron chi connectivity index (χ0n) is 70.7. The molecule has 11 aromatic heterocycles. The van der Waals surface area contributed by atoms with Crippen molar-refractivity contribution in [2.24, 2.45) is 0 Å². The van der Waals surface area contributed by atoms with Crippen LogP contribution in [0.5, 0.6) is 0 Å². The average Bonchev–Trinajstić information content (AvgIpc) is 1.64. The van der Waals surface area contributed by atoms with E-state index in [4.69, 9.17) is 11.6 Å². The van der Waals surface area contributed by atoms with Gasteiger partial charge in [0, 0.05) is 153 Å². The van der Waals surface area contributed by atoms with Crippen molar-refractivity contribution in [3.63, 3.8) is 0 Å². The number of alkyl halides is 6. The van der Waals surface area contributed by atoms with Gasteiger partial charge in [0.1, 0.15) is 83.9 Å². The Hall–Kier alpha value is -15.0. The van der Waals surface area contributed by atoms with E-state index in [1.165, 1.54) is 53.6 Å². The molecule has 38 heteroatoms. The standard InChI is InChI=1S/C36H29ClF2N6O3.C30H25F4N7O3.C28H23BrFN7O3/c1-20-12-33-40-15-23(16-45(33)42-20)22-10-11-31-27(13-22)28(21(2)46)18-43(31)19-34(47)44-17-24(38)14-32(44)36(48)41-30-9-5-7-26(35(30)39)25-6-3-4-8-29(25)37;1-16-8-27-35-11-19(12-41(27)38-16)18-6-7-23-21(9-18)22(17(2)42)14-39(23)15-28(43)40-13-20(31)10-24(40)29(44)37-26-5-3-4-25(36-26)30(32,33)34;1-16(38)27-20-12-17(21-10-8-19-4-3-11-31-37(19)21)7-9-22(20)36(34-27)15-26(39)35-14-18(30)13-23(35)28(40)33-25-6-2-5-24(29)32-25/h3-13,15-16,18,24,32H,14,17,19H2,1-2H3,(H,41,48);3-9,11-12,14,20,24H,10,13,15H2,1-2H3,(H,36,37,44);2-12,18,23H,13-15H2,1H3,(H,32,33,40)/t24-,32+;20-,24+;18-,23+/m111/s1. The number of aryl methyl sites for hydroxylation is 2. The Balaban J connectivity index is 0.000000139. The number of nitrogens with zero attached hydrogens (tertiary/aromatic N) is 17. The Morgan fingerprint density at radius 1 is 0.485 bits per heavy atom. The van der Waals surface area contributed by atoms with Crippen LogP contribution < -0.4 is 16.0 Å². The van der Waals surface area contributed by atoms with Crippen LogP contribution in [0.2, 0.25) is 5.02 Å². The minimum atomic E-state index is -4.72. The number of carbonyl (C=O) groups excluding carboxylic acids is 9. The predicted octanol–water partition coefficient (Wildman–Crippen LogP) is 16.0. The average molecular weight is 1880 g/mol. The Bertz CT molecular complexity index is 7370. The third-order valence-electron chi connectivity index (χ3n) is 23.1. The molecule has 3 N–H and O–H groups in total. The molecule has 6 amide bonds. The van der Waals surface area contributed by atoms with Gasteiger partial charge in [0.05, 0.1) is 53.4 Å². The molecular weight excluding hydrogens is 1800 g/mol. The van der Waals surface area contributed by atoms with Gasteiger partial charge in [-0.3, -0.25) is 47.8 Å². The normalized spacial score (nSPS) is 16.7. The van der Waals surface area contributed by atoms with Gasteiger partial charge in [0.2, 0.25) is 35.4 Å². The molecule has 3 aliphatic heterocycles. The molecule has 29 nitrogen and oxygen atoms in total. The number of Topliss-reactive ketones (excluding diaryl/α,β-unsaturated/α-hetero) is 3. The van der Waals surface area contributed by atoms with Crippen molar-refractivity contribution >= 4 is 147 Å². The summed E-state index contributed by atoms with van der Waals surface area (Å²) in [7, 11) is 0. The van der Waals surface area contributed by atoms with Crippen molar-refractivity contribution in [3.8, 4) is 44.6 Å². The van der Waals surface area contributed by atoms with Crippen molar-refractivity contribution in [2.45, 2.75) is 116 Å². The number of aromatic nitrogens is 14. The lowest BCUT2D eigenvalue weighted by Crippen LogP contribution is -2.44. The largest absolute Gasteiger partial charge is 0.433 e. The van der Waals surface area contributed by atoms with E-state index in [1.807, 2.05) is 105 Å². The van der Waals surface area contributed by atoms with E-state index >= 15 is 4.39 Å². The van der Waals surface area contributed by atoms with Crippen molar-refractivity contribution in [1.29, 1.82) is 0 Å². The molecule has 16 aromatic rings. The summed E-state index contributed by atoms with van der Waals surface area (Å²) in [6.07, 6.45) is 2.27. The van der Waals surface area contributed by atoms with Crippen molar-refractivity contribution < 1.29 is 73.9 Å². The van der Waals surface area contributed by atoms with Crippen LogP contribution in [-0.2, 0) is 54.6 Å². The zero-order chi connectivity index (χ0) is 93.0. The highest BCUT2D eigenvalue weighted by Gasteiger charge is 2.44. The monoisotopic (exact) mass is 1880 g/mol. The molecule has 0 unspecified atom stereocenters. The van der Waals surface area contributed by atoms with Gasteiger partial charge in [-0.2, -0.15) is 33.6 Å². The fraction of sp³-hybridized carbons (Fsp3) is 0.223. The van der Waals surface area contributed by atoms with Gasteiger partial charge in [0.25, 0.3) is 0 Å². The van der Waals surface area contributed by atoms with Gasteiger partial charge >= 0.3 is 6.18 Å². The molecule has 19 rings (SSSR count). The van der Waals surface area contributed by atoms with Gasteiger partial charge in [-0.05, 0) is 152 Å². The molecule has 670 valence electrons. The molecule has 3 saturated heterocycles. The third-order valence-corrected chi connectivity index (χ3v) is 23.8. The Morgan fingerprint density at radius 3 is 1.51 bits per heavy atom. The number of benzene rings is 5. The molecule has 0 spiro atoms. The number of pyridine rings is 2. The quantitative estimate of drug-likeness (QED) is 0.0385. The first kappa shape index (κ1) is 89.0. The highest BCUT2D eigenvalue weighted by Crippen LogP contribution is 2.38. The number of fused-ring (bicyclic) bond motifs is 6. The fourth-order valence-electron chi connectivity index (χ4n) is 16.9. The first-order valence-corrected chi connectivity index (χ1v) is 42.7. The van der Waals surface area contributed by atoms with E-state index in [2.05, 4.69) is 72.2 Å². The lowest BCUT2D eigenvalue weighted by Gasteiger charge is -2.24. The second-order valence-corrected chi connectivity index (χ2v) is 33.4. The van der Waals surface area contributed by atoms with Crippen LogP contribution in [-0.4, -0.2) is 191 Å². The zero-order valence-corrected chi connectivity index (χ0v) is 73.1. The minimum absolute atomic E-state index is 0.109. The van der Waals surface area contributed by atoms with Crippen LogP contribution in [0.25, 0.3) is 94.2 Å². The third kappa shape index (κ3) is 18.4. The van der Waals surface area contributed by atoms with Crippen LogP contribution in [0.15, 0.2) is 218 Å². The maximum atomic E-state index is 15.6. The van der Waals surface area contributed by atoms with Gasteiger partial charge in [-0.1, -0.05) is 72.3 Å². The maximum Gasteiger partial charge on any atom is 0.433 e. The van der Waals surface area contributed by atoms with Crippen LogP contribution in [0.1, 0.15) is 88.3 Å². The summed E-state index contributed by atoms with van der Waals surface area (Å²) < 4.78 is 109. The molecule has 0 radical (unpaired) electrons. The summed E-state index contributed by atoms with van der Waals surface area (Å²) in [6.45, 7) is 6.35. The number of rotatable bonds is 19. The first-order chi connectivity index (χ1) is 63.2. The fourth-order valence-corrected chi connectivity index (χ4v) is 17.4. The Labute approximate surface area is 758 Å². The summed E-state index contributed by atoms with van der Waals surface area (Å²) in [5.74, 6) is -5.12. The van der Waals surface area contributed by atoms with E-state index in [0.717, 1.165) is 67.4 Å². The summed E-state index contributed by atoms with van der Waals surface area (Å²) >= 11 is 9.52. The van der Waals surface area contributed by atoms with Crippen LogP contribution in [0.3, 0.4) is 0 Å². The molecular formula is C94H77BrClF7N20O9. The van der Waals surface area contributed by atoms with Gasteiger partial charge in [-0.15, -0.1) is 0 Å². The SMILES string of the molecule is CC(=O)c1cn(CC(=O)N2C[C@H](F)C[C@H]2C(=O)Nc2cccc(-c3ccccc3Cl)c2F)c2ccc(-c3cnc4cc(C)nn4c3)cc12.CC(=O)c1cn(CC(=O)N2C[C@H](F)C[C@H]2C(=O)Nc2cccc(C(F)(F)F)n2)c2ccc(-c3cnc4cc(C)nn4c3)cc12.CC(=O)c1nn(CC(=O)N2C[C@H](F)C[C@H]2C(=O)Nc2cccc(Br)n2)c2ccc(-c3ccc4cccnn34)cc12. The second kappa shape index (κ2) is 36.5. The van der Waals surface area contributed by atoms with Crippen molar-refractivity contribution in [2.75, 3.05) is 35.6 Å². The lowest BCUT2D eigenvalue weighted by molar-refractivity contribution is -0.141. The number of halogens is 9. The van der Waals surface area contributed by atoms with E-state index in [9.17, 15) is 69.5 Å². The second-order valence-electron chi connectivity index (χ2n) is 32.2. The van der Waals surface area contributed by atoms with Gasteiger partial charge in [-0.25, -0.2) is 51.0 Å². The smallest absolute Gasteiger partial charge is 0.337 e. The molecule has 0 saturated carbocycles. The van der Waals surface area contributed by atoms with E-state index in [-0.39, 0.29) is 98.6 Å². The number of anilines is 3. The van der Waals surface area contributed by atoms with Crippen LogP contribution in [0, 0.1) is 19.7 Å². The Kier molecular flexibility index (Phi) is 24.6. The molecule has 3 aliphatic rings. The lowest BCUT2D eigenvalue weighted by atomic mass is 10.0. The van der Waals surface area contributed by atoms with Gasteiger partial charge in [0.15, 0.2) is 34.5 Å². The topological polar surface area (TPSA) is 331 Å². The summed E-state index contributed by atoms with van der Waals surface area (Å²) in [6, 6.07) is 43.8. The summed E-state index contributed by atoms with van der Waals surface area (Å²) in [5.41, 5.74) is 10.9. The highest BCUT2D eigenvalue weighted by molar-refractivity contribution is 9.10. The highest BCUT2D eigenvalue weighted by atomic mass is 79.9. The Morgan fingerprint density at radius 2 is 0.977 bits per heavy atom. The number of hydrogen-bond donors (Lipinski definition) is 3. The van der Waals surface area contributed by atoms with Crippen LogP contribution in [0.4, 0.5) is 48.1 Å². The van der Waals surface area contributed by atoms with Gasteiger partial charge < -0.3 is 39.8 Å². The molecule has 132 heavy (non-hydrogen) atoms. The number of carbonyl (C=O) groups is 9. The molecule has 5 aromatic carbocycles. The minimum Gasteiger partial charge on any atom is -0.337 e. The molecule has 0 aliphatic carbocycles. The van der Waals surface area contributed by atoms with Crippen LogP contribution >= 0.6 is 27.5 Å². The number of nitrogens with one attached hydrogen (secondary N) is 3. The van der Waals surface area contributed by atoms with E-state index in [0.29, 0.717) is 76.1 Å². The number of hydrogen-bond acceptors (Lipinski definition) is 17. The molecule has 0 bridgehead atoms. The molecule has 3 fully saturated rings. The predicted molar refractivity (Wildman–Crippen MR) is 480 cm³/mol. The number of ketones is 3. The number of likely N-dealkylation sites (tertiary alicyclic amines) is 3. The molecule has 6 atom stereocenters. The maximum absolute atomic E-state index is 15.6. The number of amides is 6. The molecule has 14 heterocycles. The van der Waals surface area contributed by atoms with E-state index in [1.54, 1.807) is 114 Å². The van der Waals surface area contributed by atoms with Crippen molar-refractivity contribution in [3.05, 3.63) is 263 Å². The van der Waals surface area contributed by atoms with Crippen molar-refractivity contribution in [1.82, 2.24) is 82.4 Å². The summed E-state index contributed by atoms with van der Waals surface area (Å²) in [4.78, 5) is 138. The first-order valence-electron chi connectivity index (χ1n) is 41.5.